The van der Waals surface area contributed by atoms with Gasteiger partial charge in [-0.05, 0) is 34.1 Å². The van der Waals surface area contributed by atoms with E-state index in [1.807, 2.05) is 20.8 Å². The number of hydrogen-bond donors (Lipinski definition) is 2. The smallest absolute Gasteiger partial charge is 0.410 e. The second kappa shape index (κ2) is 5.56. The predicted molar refractivity (Wildman–Crippen MR) is 68.0 cm³/mol. The van der Waals surface area contributed by atoms with E-state index in [1.54, 1.807) is 11.8 Å². The molecule has 6 nitrogen and oxygen atoms in total. The summed E-state index contributed by atoms with van der Waals surface area (Å²) in [6.45, 7) is 8.20. The van der Waals surface area contributed by atoms with Gasteiger partial charge in [0.25, 0.3) is 0 Å². The Hall–Kier alpha value is -1.30. The molecule has 0 aromatic heterocycles. The fraction of sp³-hybridized carbons (Fsp3) is 0.833. The molecule has 1 rings (SSSR count). The van der Waals surface area contributed by atoms with Crippen LogP contribution in [0.3, 0.4) is 0 Å². The highest BCUT2D eigenvalue weighted by molar-refractivity contribution is 5.81. The van der Waals surface area contributed by atoms with Crippen molar-refractivity contribution in [3.8, 4) is 0 Å². The Morgan fingerprint density at radius 3 is 2.56 bits per heavy atom. The van der Waals surface area contributed by atoms with Gasteiger partial charge in [-0.1, -0.05) is 0 Å². The third-order valence-electron chi connectivity index (χ3n) is 2.60. The van der Waals surface area contributed by atoms with Crippen LogP contribution in [-0.4, -0.2) is 47.7 Å². The largest absolute Gasteiger partial charge is 0.444 e. The Balaban J connectivity index is 2.42. The molecule has 6 heteroatoms. The lowest BCUT2D eigenvalue weighted by Gasteiger charge is -2.24. The van der Waals surface area contributed by atoms with Crippen molar-refractivity contribution < 1.29 is 14.3 Å². The summed E-state index contributed by atoms with van der Waals surface area (Å²) >= 11 is 0. The van der Waals surface area contributed by atoms with Gasteiger partial charge in [0, 0.05) is 19.1 Å². The number of ether oxygens (including phenoxy) is 1. The molecule has 3 N–H and O–H groups in total. The third-order valence-corrected chi connectivity index (χ3v) is 2.60. The lowest BCUT2D eigenvalue weighted by atomic mass is 10.2. The standard InChI is InChI=1S/C12H23N3O3/c1-8(13)10(16)14-9-5-6-15(7-9)11(17)18-12(2,3)4/h8-9H,5-7,13H2,1-4H3,(H,14,16)/t8-,9-/m0/s1. The van der Waals surface area contributed by atoms with Crippen LogP contribution < -0.4 is 11.1 Å². The molecule has 0 unspecified atom stereocenters. The highest BCUT2D eigenvalue weighted by atomic mass is 16.6. The predicted octanol–water partition coefficient (Wildman–Crippen LogP) is 0.459. The number of nitrogens with zero attached hydrogens (tertiary/aromatic N) is 1. The van der Waals surface area contributed by atoms with Crippen LogP contribution in [0.4, 0.5) is 4.79 Å². The van der Waals surface area contributed by atoms with Crippen molar-refractivity contribution in [1.82, 2.24) is 10.2 Å². The molecule has 1 fully saturated rings. The van der Waals surface area contributed by atoms with E-state index in [-0.39, 0.29) is 18.0 Å². The van der Waals surface area contributed by atoms with Crippen molar-refractivity contribution in [2.24, 2.45) is 5.73 Å². The molecule has 0 aromatic carbocycles. The van der Waals surface area contributed by atoms with Gasteiger partial charge in [-0.3, -0.25) is 4.79 Å². The molecule has 2 amide bonds. The van der Waals surface area contributed by atoms with Crippen molar-refractivity contribution in [3.05, 3.63) is 0 Å². The van der Waals surface area contributed by atoms with E-state index in [0.29, 0.717) is 13.1 Å². The summed E-state index contributed by atoms with van der Waals surface area (Å²) in [5.74, 6) is -0.189. The first-order chi connectivity index (χ1) is 8.19. The zero-order chi connectivity index (χ0) is 13.9. The number of carbonyl (C=O) groups is 2. The molecule has 18 heavy (non-hydrogen) atoms. The van der Waals surface area contributed by atoms with Gasteiger partial charge in [0.05, 0.1) is 6.04 Å². The number of nitrogens with two attached hydrogens (primary N) is 1. The SMILES string of the molecule is C[C@H](N)C(=O)N[C@H]1CCN(C(=O)OC(C)(C)C)C1. The Morgan fingerprint density at radius 1 is 1.44 bits per heavy atom. The first-order valence-electron chi connectivity index (χ1n) is 6.23. The van der Waals surface area contributed by atoms with Gasteiger partial charge in [-0.2, -0.15) is 0 Å². The average molecular weight is 257 g/mol. The Kier molecular flexibility index (Phi) is 4.56. The van der Waals surface area contributed by atoms with E-state index in [2.05, 4.69) is 5.32 Å². The number of rotatable bonds is 2. The maximum atomic E-state index is 11.8. The molecule has 0 aliphatic carbocycles. The summed E-state index contributed by atoms with van der Waals surface area (Å²) in [5, 5.41) is 2.81. The van der Waals surface area contributed by atoms with Crippen LogP contribution in [0.25, 0.3) is 0 Å². The molecule has 0 bridgehead atoms. The molecule has 0 radical (unpaired) electrons. The first kappa shape index (κ1) is 14.8. The van der Waals surface area contributed by atoms with Gasteiger partial charge in [0.2, 0.25) is 5.91 Å². The van der Waals surface area contributed by atoms with Gasteiger partial charge in [0.1, 0.15) is 5.60 Å². The van der Waals surface area contributed by atoms with E-state index >= 15 is 0 Å². The molecule has 0 saturated carbocycles. The average Bonchev–Trinajstić information content (AvgIpc) is 2.63. The zero-order valence-corrected chi connectivity index (χ0v) is 11.5. The fourth-order valence-electron chi connectivity index (χ4n) is 1.70. The van der Waals surface area contributed by atoms with Crippen LogP contribution in [0.15, 0.2) is 0 Å². The molecule has 2 atom stereocenters. The van der Waals surface area contributed by atoms with Crippen molar-refractivity contribution in [3.63, 3.8) is 0 Å². The van der Waals surface area contributed by atoms with Crippen LogP contribution in [0.1, 0.15) is 34.1 Å². The third kappa shape index (κ3) is 4.52. The number of hydrogen-bond acceptors (Lipinski definition) is 4. The quantitative estimate of drug-likeness (QED) is 0.752. The van der Waals surface area contributed by atoms with E-state index in [1.165, 1.54) is 0 Å². The Bertz CT molecular complexity index is 323. The van der Waals surface area contributed by atoms with E-state index in [0.717, 1.165) is 6.42 Å². The number of carbonyl (C=O) groups excluding carboxylic acids is 2. The lowest BCUT2D eigenvalue weighted by Crippen LogP contribution is -2.45. The van der Waals surface area contributed by atoms with Crippen molar-refractivity contribution in [2.75, 3.05) is 13.1 Å². The number of nitrogens with one attached hydrogen (secondary N) is 1. The van der Waals surface area contributed by atoms with Crippen LogP contribution in [0.5, 0.6) is 0 Å². The molecule has 1 aliphatic rings. The van der Waals surface area contributed by atoms with Crippen molar-refractivity contribution in [1.29, 1.82) is 0 Å². The van der Waals surface area contributed by atoms with Gasteiger partial charge < -0.3 is 20.7 Å². The Morgan fingerprint density at radius 2 is 2.06 bits per heavy atom. The van der Waals surface area contributed by atoms with E-state index < -0.39 is 11.6 Å². The van der Waals surface area contributed by atoms with Gasteiger partial charge in [-0.25, -0.2) is 4.79 Å². The number of amides is 2. The van der Waals surface area contributed by atoms with Crippen LogP contribution in [0.2, 0.25) is 0 Å². The van der Waals surface area contributed by atoms with Crippen LogP contribution in [0, 0.1) is 0 Å². The van der Waals surface area contributed by atoms with Crippen molar-refractivity contribution in [2.45, 2.75) is 51.8 Å². The Labute approximate surface area is 108 Å². The lowest BCUT2D eigenvalue weighted by molar-refractivity contribution is -0.122. The second-order valence-corrected chi connectivity index (χ2v) is 5.71. The summed E-state index contributed by atoms with van der Waals surface area (Å²) in [7, 11) is 0. The zero-order valence-electron chi connectivity index (χ0n) is 11.5. The molecule has 0 aromatic rings. The summed E-state index contributed by atoms with van der Waals surface area (Å²) in [4.78, 5) is 24.8. The summed E-state index contributed by atoms with van der Waals surface area (Å²) in [6, 6.07) is -0.559. The van der Waals surface area contributed by atoms with Gasteiger partial charge in [0.15, 0.2) is 0 Å². The first-order valence-corrected chi connectivity index (χ1v) is 6.23. The monoisotopic (exact) mass is 257 g/mol. The van der Waals surface area contributed by atoms with E-state index in [9.17, 15) is 9.59 Å². The highest BCUT2D eigenvalue weighted by Crippen LogP contribution is 2.15. The molecule has 1 heterocycles. The van der Waals surface area contributed by atoms with Crippen LogP contribution >= 0.6 is 0 Å². The number of likely N-dealkylation sites (tertiary alicyclic amines) is 1. The van der Waals surface area contributed by atoms with Crippen LogP contribution in [-0.2, 0) is 9.53 Å². The molecular formula is C12H23N3O3. The minimum absolute atomic E-state index is 0.0315. The maximum Gasteiger partial charge on any atom is 0.410 e. The van der Waals surface area contributed by atoms with E-state index in [4.69, 9.17) is 10.5 Å². The van der Waals surface area contributed by atoms with Crippen molar-refractivity contribution >= 4 is 12.0 Å². The molecule has 1 aliphatic heterocycles. The minimum Gasteiger partial charge on any atom is -0.444 e. The second-order valence-electron chi connectivity index (χ2n) is 5.71. The normalized spacial score (nSPS) is 21.6. The summed E-state index contributed by atoms with van der Waals surface area (Å²) in [5.41, 5.74) is 4.98. The fourth-order valence-corrected chi connectivity index (χ4v) is 1.70. The topological polar surface area (TPSA) is 84.7 Å². The minimum atomic E-state index is -0.527. The molecular weight excluding hydrogens is 234 g/mol. The summed E-state index contributed by atoms with van der Waals surface area (Å²) < 4.78 is 5.27. The molecule has 1 saturated heterocycles. The van der Waals surface area contributed by atoms with Gasteiger partial charge in [-0.15, -0.1) is 0 Å². The molecule has 0 spiro atoms. The maximum absolute atomic E-state index is 11.8. The highest BCUT2D eigenvalue weighted by Gasteiger charge is 2.30. The molecule has 104 valence electrons. The van der Waals surface area contributed by atoms with Gasteiger partial charge >= 0.3 is 6.09 Å². The summed E-state index contributed by atoms with van der Waals surface area (Å²) in [6.07, 6.45) is 0.401.